The lowest BCUT2D eigenvalue weighted by molar-refractivity contribution is 0.0729. The number of alkyl halides is 3. The molecule has 0 spiro atoms. The van der Waals surface area contributed by atoms with E-state index in [0.29, 0.717) is 0 Å². The van der Waals surface area contributed by atoms with Crippen LogP contribution in [-0.2, 0) is 0 Å². The van der Waals surface area contributed by atoms with Crippen LogP contribution in [0.1, 0.15) is 19.3 Å². The summed E-state index contributed by atoms with van der Waals surface area (Å²) in [4.78, 5) is 0. The molecule has 0 heterocycles. The third kappa shape index (κ3) is 1.60. The van der Waals surface area contributed by atoms with Crippen molar-refractivity contribution >= 4 is 0 Å². The van der Waals surface area contributed by atoms with Crippen molar-refractivity contribution in [2.45, 2.75) is 37.8 Å². The van der Waals surface area contributed by atoms with E-state index in [-0.39, 0.29) is 19.3 Å². The van der Waals surface area contributed by atoms with E-state index in [1.807, 2.05) is 0 Å². The van der Waals surface area contributed by atoms with Crippen molar-refractivity contribution < 1.29 is 13.2 Å². The van der Waals surface area contributed by atoms with Crippen LogP contribution in [-0.4, -0.2) is 18.5 Å². The van der Waals surface area contributed by atoms with Gasteiger partial charge in [0.05, 0.1) is 0 Å². The molecule has 3 atom stereocenters. The fraction of sp³-hybridized carbons (Fsp3) is 1.00. The first-order valence-corrected chi connectivity index (χ1v) is 3.12. The van der Waals surface area contributed by atoms with Crippen molar-refractivity contribution in [2.24, 2.45) is 0 Å². The molecule has 0 aliphatic heterocycles. The van der Waals surface area contributed by atoms with Crippen LogP contribution in [0.3, 0.4) is 0 Å². The van der Waals surface area contributed by atoms with Crippen molar-refractivity contribution in [2.75, 3.05) is 0 Å². The monoisotopic (exact) mass is 138 g/mol. The van der Waals surface area contributed by atoms with Gasteiger partial charge in [-0.2, -0.15) is 0 Å². The first kappa shape index (κ1) is 6.90. The number of hydrogen-bond acceptors (Lipinski definition) is 0. The Labute approximate surface area is 52.1 Å². The predicted octanol–water partition coefficient (Wildman–Crippen LogP) is 2.18. The zero-order chi connectivity index (χ0) is 6.85. The summed E-state index contributed by atoms with van der Waals surface area (Å²) in [6.07, 6.45) is -4.12. The molecule has 3 heteroatoms. The number of halogens is 3. The average Bonchev–Trinajstić information content (AvgIpc) is 1.80. The summed E-state index contributed by atoms with van der Waals surface area (Å²) in [6, 6.07) is 0. The van der Waals surface area contributed by atoms with Crippen LogP contribution in [0.25, 0.3) is 0 Å². The molecule has 1 rings (SSSR count). The molecule has 0 radical (unpaired) electrons. The zero-order valence-corrected chi connectivity index (χ0v) is 4.99. The van der Waals surface area contributed by atoms with Gasteiger partial charge in [0.1, 0.15) is 18.5 Å². The summed E-state index contributed by atoms with van der Waals surface area (Å²) in [6.45, 7) is 0. The lowest BCUT2D eigenvalue weighted by Gasteiger charge is -2.21. The molecule has 54 valence electrons. The minimum Gasteiger partial charge on any atom is -0.247 e. The summed E-state index contributed by atoms with van der Waals surface area (Å²) < 4.78 is 36.6. The van der Waals surface area contributed by atoms with Gasteiger partial charge in [0.25, 0.3) is 0 Å². The highest BCUT2D eigenvalue weighted by Gasteiger charge is 2.29. The normalized spacial score (nSPS) is 45.0. The second-order valence-corrected chi connectivity index (χ2v) is 2.44. The minimum absolute atomic E-state index is 0.0440. The molecule has 0 aromatic rings. The van der Waals surface area contributed by atoms with Crippen molar-refractivity contribution in [3.8, 4) is 0 Å². The van der Waals surface area contributed by atoms with Gasteiger partial charge in [-0.05, 0) is 12.8 Å². The molecule has 1 aliphatic rings. The van der Waals surface area contributed by atoms with Gasteiger partial charge in [-0.15, -0.1) is 0 Å². The lowest BCUT2D eigenvalue weighted by atomic mass is 9.96. The van der Waals surface area contributed by atoms with Gasteiger partial charge in [0.2, 0.25) is 0 Å². The first-order chi connectivity index (χ1) is 4.20. The van der Waals surface area contributed by atoms with E-state index >= 15 is 0 Å². The summed E-state index contributed by atoms with van der Waals surface area (Å²) in [7, 11) is 0. The van der Waals surface area contributed by atoms with Crippen LogP contribution >= 0.6 is 0 Å². The van der Waals surface area contributed by atoms with E-state index in [9.17, 15) is 13.2 Å². The molecule has 0 aromatic heterocycles. The molecule has 0 N–H and O–H groups in total. The summed E-state index contributed by atoms with van der Waals surface area (Å²) in [5.74, 6) is 0. The van der Waals surface area contributed by atoms with E-state index in [1.54, 1.807) is 0 Å². The Bertz CT molecular complexity index is 94.3. The van der Waals surface area contributed by atoms with E-state index in [0.717, 1.165) is 0 Å². The molecule has 3 unspecified atom stereocenters. The van der Waals surface area contributed by atoms with Crippen LogP contribution in [0.2, 0.25) is 0 Å². The third-order valence-electron chi connectivity index (χ3n) is 1.63. The van der Waals surface area contributed by atoms with Crippen molar-refractivity contribution in [3.05, 3.63) is 0 Å². The van der Waals surface area contributed by atoms with Gasteiger partial charge in [0.15, 0.2) is 0 Å². The molecule has 0 saturated heterocycles. The molecule has 0 bridgehead atoms. The van der Waals surface area contributed by atoms with Gasteiger partial charge in [-0.3, -0.25) is 0 Å². The summed E-state index contributed by atoms with van der Waals surface area (Å²) >= 11 is 0. The largest absolute Gasteiger partial charge is 0.247 e. The van der Waals surface area contributed by atoms with E-state index in [1.165, 1.54) is 0 Å². The van der Waals surface area contributed by atoms with E-state index in [2.05, 4.69) is 0 Å². The van der Waals surface area contributed by atoms with Gasteiger partial charge in [0, 0.05) is 6.42 Å². The molecule has 1 saturated carbocycles. The summed E-state index contributed by atoms with van der Waals surface area (Å²) in [5, 5.41) is 0. The molecule has 9 heavy (non-hydrogen) atoms. The fourth-order valence-corrected chi connectivity index (χ4v) is 1.03. The Morgan fingerprint density at radius 1 is 0.889 bits per heavy atom. The molecule has 1 aliphatic carbocycles. The average molecular weight is 138 g/mol. The third-order valence-corrected chi connectivity index (χ3v) is 1.63. The fourth-order valence-electron chi connectivity index (χ4n) is 1.03. The highest BCUT2D eigenvalue weighted by atomic mass is 19.2. The first-order valence-electron chi connectivity index (χ1n) is 3.12. The van der Waals surface area contributed by atoms with Crippen molar-refractivity contribution in [1.29, 1.82) is 0 Å². The van der Waals surface area contributed by atoms with E-state index in [4.69, 9.17) is 0 Å². The number of rotatable bonds is 0. The Kier molecular flexibility index (Phi) is 1.98. The Hall–Kier alpha value is -0.210. The maximum Gasteiger partial charge on any atom is 0.134 e. The smallest absolute Gasteiger partial charge is 0.134 e. The topological polar surface area (TPSA) is 0 Å². The van der Waals surface area contributed by atoms with Crippen LogP contribution < -0.4 is 0 Å². The maximum absolute atomic E-state index is 12.2. The van der Waals surface area contributed by atoms with Gasteiger partial charge >= 0.3 is 0 Å². The van der Waals surface area contributed by atoms with Gasteiger partial charge < -0.3 is 0 Å². The minimum atomic E-state index is -1.56. The van der Waals surface area contributed by atoms with Crippen LogP contribution in [0.5, 0.6) is 0 Å². The lowest BCUT2D eigenvalue weighted by Crippen LogP contribution is -2.27. The van der Waals surface area contributed by atoms with Gasteiger partial charge in [-0.25, -0.2) is 13.2 Å². The molecule has 0 aromatic carbocycles. The van der Waals surface area contributed by atoms with Gasteiger partial charge in [-0.1, -0.05) is 0 Å². The quantitative estimate of drug-likeness (QED) is 0.481. The highest BCUT2D eigenvalue weighted by molar-refractivity contribution is 4.79. The highest BCUT2D eigenvalue weighted by Crippen LogP contribution is 2.25. The zero-order valence-electron chi connectivity index (χ0n) is 4.99. The van der Waals surface area contributed by atoms with E-state index < -0.39 is 18.5 Å². The molecule has 0 nitrogen and oxygen atoms in total. The Morgan fingerprint density at radius 3 is 2.00 bits per heavy atom. The second-order valence-electron chi connectivity index (χ2n) is 2.44. The van der Waals surface area contributed by atoms with Crippen molar-refractivity contribution in [3.63, 3.8) is 0 Å². The Morgan fingerprint density at radius 2 is 1.56 bits per heavy atom. The standard InChI is InChI=1S/C6H9F3/c7-4-1-2-5(8)6(9)3-4/h4-6H,1-3H2. The molecular weight excluding hydrogens is 129 g/mol. The second kappa shape index (κ2) is 2.58. The van der Waals surface area contributed by atoms with Crippen LogP contribution in [0.4, 0.5) is 13.2 Å². The molecular formula is C6H9F3. The summed E-state index contributed by atoms with van der Waals surface area (Å²) in [5.41, 5.74) is 0. The predicted molar refractivity (Wildman–Crippen MR) is 28.5 cm³/mol. The SMILES string of the molecule is FC1CCC(F)C(F)C1. The maximum atomic E-state index is 12.2. The van der Waals surface area contributed by atoms with Crippen molar-refractivity contribution in [1.82, 2.24) is 0 Å². The Balaban J connectivity index is 2.35. The molecule has 0 amide bonds. The number of hydrogen-bond donors (Lipinski definition) is 0. The van der Waals surface area contributed by atoms with Crippen LogP contribution in [0, 0.1) is 0 Å². The van der Waals surface area contributed by atoms with Crippen LogP contribution in [0.15, 0.2) is 0 Å². The molecule has 1 fully saturated rings.